The van der Waals surface area contributed by atoms with Gasteiger partial charge in [0.1, 0.15) is 12.6 Å². The Balaban J connectivity index is 1.30. The number of amides is 1. The molecule has 8 nitrogen and oxygen atoms in total. The van der Waals surface area contributed by atoms with Crippen LogP contribution in [-0.4, -0.2) is 44.8 Å². The van der Waals surface area contributed by atoms with Crippen molar-refractivity contribution < 1.29 is 19.4 Å². The second-order valence-electron chi connectivity index (χ2n) is 8.19. The molecule has 1 atom stereocenters. The Labute approximate surface area is 206 Å². The number of halogens is 1. The lowest BCUT2D eigenvalue weighted by Gasteiger charge is -2.18. The summed E-state index contributed by atoms with van der Waals surface area (Å²) in [5, 5.41) is 20.5. The van der Waals surface area contributed by atoms with Gasteiger partial charge in [0, 0.05) is 17.4 Å². The number of benzene rings is 3. The van der Waals surface area contributed by atoms with Gasteiger partial charge in [0.2, 0.25) is 0 Å². The Bertz CT molecular complexity index is 1340. The highest BCUT2D eigenvalue weighted by Gasteiger charge is 2.30. The van der Waals surface area contributed by atoms with Crippen molar-refractivity contribution >= 4 is 23.7 Å². The van der Waals surface area contributed by atoms with E-state index in [1.807, 2.05) is 48.5 Å². The molecule has 35 heavy (non-hydrogen) atoms. The fraction of sp³-hybridized carbons (Fsp3) is 0.154. The zero-order valence-corrected chi connectivity index (χ0v) is 19.2. The van der Waals surface area contributed by atoms with Gasteiger partial charge < -0.3 is 15.2 Å². The lowest BCUT2D eigenvalue weighted by atomic mass is 9.98. The van der Waals surface area contributed by atoms with Gasteiger partial charge in [-0.05, 0) is 46.0 Å². The lowest BCUT2D eigenvalue weighted by molar-refractivity contribution is -0.139. The maximum Gasteiger partial charge on any atom is 0.407 e. The number of aromatic nitrogens is 3. The van der Waals surface area contributed by atoms with Crippen LogP contribution < -0.4 is 5.32 Å². The van der Waals surface area contributed by atoms with Gasteiger partial charge in [0.05, 0.1) is 18.1 Å². The topological polar surface area (TPSA) is 106 Å². The zero-order chi connectivity index (χ0) is 24.4. The Morgan fingerprint density at radius 1 is 1.06 bits per heavy atom. The second-order valence-corrected chi connectivity index (χ2v) is 8.62. The van der Waals surface area contributed by atoms with Gasteiger partial charge in [-0.15, -0.1) is 5.10 Å². The van der Waals surface area contributed by atoms with E-state index in [0.29, 0.717) is 16.3 Å². The molecule has 0 saturated carbocycles. The molecule has 1 amide bonds. The summed E-state index contributed by atoms with van der Waals surface area (Å²) >= 11 is 6.15. The van der Waals surface area contributed by atoms with Gasteiger partial charge in [-0.1, -0.05) is 65.3 Å². The normalized spacial score (nSPS) is 13.1. The van der Waals surface area contributed by atoms with Gasteiger partial charge in [-0.3, -0.25) is 0 Å². The molecule has 2 N–H and O–H groups in total. The van der Waals surface area contributed by atoms with E-state index in [4.69, 9.17) is 16.3 Å². The molecule has 3 aromatic carbocycles. The number of rotatable bonds is 7. The molecule has 0 aliphatic heterocycles. The quantitative estimate of drug-likeness (QED) is 0.398. The van der Waals surface area contributed by atoms with Crippen molar-refractivity contribution in [3.63, 3.8) is 0 Å². The van der Waals surface area contributed by atoms with Crippen molar-refractivity contribution in [3.05, 3.63) is 101 Å². The van der Waals surface area contributed by atoms with E-state index in [9.17, 15) is 14.7 Å². The maximum atomic E-state index is 12.7. The number of aliphatic carboxylic acids is 1. The monoisotopic (exact) mass is 488 g/mol. The standard InChI is InChI=1S/C26H21ClN4O4/c27-17-9-10-24(31-12-11-28-30-31)16(13-17)14-23(25(32)33)29-26(34)35-15-22-20-7-3-1-5-18(20)19-6-2-4-8-21(19)22/h1-13,22-23H,14-15H2,(H,29,34)(H,32,33)/t23-/m0/s1. The maximum absolute atomic E-state index is 12.7. The zero-order valence-electron chi connectivity index (χ0n) is 18.5. The van der Waals surface area contributed by atoms with Crippen LogP contribution in [0.4, 0.5) is 4.79 Å². The van der Waals surface area contributed by atoms with Crippen molar-refractivity contribution in [1.29, 1.82) is 0 Å². The van der Waals surface area contributed by atoms with Crippen LogP contribution in [0.1, 0.15) is 22.6 Å². The van der Waals surface area contributed by atoms with Gasteiger partial charge >= 0.3 is 12.1 Å². The number of hydrogen-bond acceptors (Lipinski definition) is 5. The van der Waals surface area contributed by atoms with Crippen LogP contribution in [0.15, 0.2) is 79.1 Å². The molecule has 9 heteroatoms. The molecule has 0 saturated heterocycles. The molecule has 0 unspecified atom stereocenters. The van der Waals surface area contributed by atoms with Crippen LogP contribution in [0.5, 0.6) is 0 Å². The number of hydrogen-bond donors (Lipinski definition) is 2. The largest absolute Gasteiger partial charge is 0.480 e. The number of ether oxygens (including phenoxy) is 1. The highest BCUT2D eigenvalue weighted by atomic mass is 35.5. The molecule has 176 valence electrons. The number of nitrogens with one attached hydrogen (secondary N) is 1. The third-order valence-corrected chi connectivity index (χ3v) is 6.30. The van der Waals surface area contributed by atoms with Crippen LogP contribution in [-0.2, 0) is 16.0 Å². The molecule has 0 fully saturated rings. The molecule has 0 bridgehead atoms. The molecule has 0 radical (unpaired) electrons. The predicted octanol–water partition coefficient (Wildman–Crippen LogP) is 4.46. The first-order valence-corrected chi connectivity index (χ1v) is 11.4. The molecule has 4 aromatic rings. The summed E-state index contributed by atoms with van der Waals surface area (Å²) in [5.41, 5.74) is 5.59. The molecule has 5 rings (SSSR count). The first-order chi connectivity index (χ1) is 17.0. The van der Waals surface area contributed by atoms with Crippen molar-refractivity contribution in [1.82, 2.24) is 20.3 Å². The summed E-state index contributed by atoms with van der Waals surface area (Å²) < 4.78 is 7.03. The number of alkyl carbamates (subject to hydrolysis) is 1. The van der Waals surface area contributed by atoms with Crippen molar-refractivity contribution in [2.45, 2.75) is 18.4 Å². The Morgan fingerprint density at radius 2 is 1.74 bits per heavy atom. The first kappa shape index (κ1) is 22.6. The van der Waals surface area contributed by atoms with Crippen LogP contribution in [0.2, 0.25) is 5.02 Å². The number of nitrogens with zero attached hydrogens (tertiary/aromatic N) is 3. The van der Waals surface area contributed by atoms with Crippen LogP contribution >= 0.6 is 11.6 Å². The van der Waals surface area contributed by atoms with Crippen molar-refractivity contribution in [3.8, 4) is 16.8 Å². The van der Waals surface area contributed by atoms with E-state index >= 15 is 0 Å². The summed E-state index contributed by atoms with van der Waals surface area (Å²) in [7, 11) is 0. The second kappa shape index (κ2) is 9.60. The fourth-order valence-electron chi connectivity index (χ4n) is 4.48. The third-order valence-electron chi connectivity index (χ3n) is 6.07. The first-order valence-electron chi connectivity index (χ1n) is 11.0. The van der Waals surface area contributed by atoms with Crippen LogP contribution in [0.25, 0.3) is 16.8 Å². The molecule has 0 spiro atoms. The SMILES string of the molecule is O=C(N[C@@H](Cc1cc(Cl)ccc1-n1ccnn1)C(=O)O)OCC1c2ccccc2-c2ccccc21. The van der Waals surface area contributed by atoms with Crippen LogP contribution in [0.3, 0.4) is 0 Å². The number of carbonyl (C=O) groups is 2. The minimum Gasteiger partial charge on any atom is -0.480 e. The number of fused-ring (bicyclic) bond motifs is 3. The van der Waals surface area contributed by atoms with Gasteiger partial charge in [-0.2, -0.15) is 0 Å². The lowest BCUT2D eigenvalue weighted by Crippen LogP contribution is -2.43. The average molecular weight is 489 g/mol. The molecule has 1 heterocycles. The van der Waals surface area contributed by atoms with E-state index in [2.05, 4.69) is 15.6 Å². The smallest absolute Gasteiger partial charge is 0.407 e. The van der Waals surface area contributed by atoms with E-state index < -0.39 is 18.1 Å². The molecule has 1 aliphatic rings. The number of carboxylic acids is 1. The van der Waals surface area contributed by atoms with E-state index in [0.717, 1.165) is 22.3 Å². The molecular weight excluding hydrogens is 468 g/mol. The Hall–Kier alpha value is -4.17. The summed E-state index contributed by atoms with van der Waals surface area (Å²) in [5.74, 6) is -1.31. The summed E-state index contributed by atoms with van der Waals surface area (Å²) in [4.78, 5) is 24.6. The Kier molecular flexibility index (Phi) is 6.20. The molecule has 1 aliphatic carbocycles. The van der Waals surface area contributed by atoms with E-state index in [1.165, 1.54) is 10.9 Å². The van der Waals surface area contributed by atoms with Gasteiger partial charge in [-0.25, -0.2) is 14.3 Å². The van der Waals surface area contributed by atoms with E-state index in [1.54, 1.807) is 24.4 Å². The fourth-order valence-corrected chi connectivity index (χ4v) is 4.67. The minimum atomic E-state index is -1.23. The highest BCUT2D eigenvalue weighted by Crippen LogP contribution is 2.44. The predicted molar refractivity (Wildman–Crippen MR) is 130 cm³/mol. The number of carbonyl (C=O) groups excluding carboxylic acids is 1. The summed E-state index contributed by atoms with van der Waals surface area (Å²) in [6, 6.07) is 19.8. The van der Waals surface area contributed by atoms with Gasteiger partial charge in [0.15, 0.2) is 0 Å². The third kappa shape index (κ3) is 4.61. The van der Waals surface area contributed by atoms with Crippen molar-refractivity contribution in [2.75, 3.05) is 6.61 Å². The molecule has 1 aromatic heterocycles. The van der Waals surface area contributed by atoms with Crippen LogP contribution in [0, 0.1) is 0 Å². The van der Waals surface area contributed by atoms with Gasteiger partial charge in [0.25, 0.3) is 0 Å². The van der Waals surface area contributed by atoms with E-state index in [-0.39, 0.29) is 18.9 Å². The Morgan fingerprint density at radius 3 is 2.37 bits per heavy atom. The number of carboxylic acid groups (broad SMARTS) is 1. The summed E-state index contributed by atoms with van der Waals surface area (Å²) in [6.45, 7) is 0.0908. The minimum absolute atomic E-state index is 0.0186. The van der Waals surface area contributed by atoms with Crippen molar-refractivity contribution in [2.24, 2.45) is 0 Å². The average Bonchev–Trinajstić information content (AvgIpc) is 3.49. The highest BCUT2D eigenvalue weighted by molar-refractivity contribution is 6.30. The summed E-state index contributed by atoms with van der Waals surface area (Å²) in [6.07, 6.45) is 2.34. The molecular formula is C26H21ClN4O4.